The molecule has 3 rings (SSSR count). The number of fused-ring (bicyclic) bond motifs is 1. The van der Waals surface area contributed by atoms with E-state index < -0.39 is 5.97 Å². The van der Waals surface area contributed by atoms with Crippen molar-refractivity contribution >= 4 is 22.9 Å². The number of carboxylic acids is 1. The lowest BCUT2D eigenvalue weighted by atomic mass is 10.0. The molecule has 0 amide bonds. The van der Waals surface area contributed by atoms with Gasteiger partial charge in [-0.3, -0.25) is 4.79 Å². The van der Waals surface area contributed by atoms with Gasteiger partial charge in [-0.1, -0.05) is 5.16 Å². The minimum absolute atomic E-state index is 0.226. The molecule has 0 saturated carbocycles. The van der Waals surface area contributed by atoms with E-state index in [0.717, 1.165) is 36.4 Å². The smallest absolute Gasteiger partial charge is 0.303 e. The summed E-state index contributed by atoms with van der Waals surface area (Å²) < 4.78 is 5.15. The summed E-state index contributed by atoms with van der Waals surface area (Å²) in [7, 11) is 0. The summed E-state index contributed by atoms with van der Waals surface area (Å²) in [5, 5.41) is 13.5. The summed E-state index contributed by atoms with van der Waals surface area (Å²) in [6, 6.07) is 0. The van der Waals surface area contributed by atoms with E-state index in [1.807, 2.05) is 6.92 Å². The molecule has 20 heavy (non-hydrogen) atoms. The number of aryl methyl sites for hydroxylation is 1. The maximum atomic E-state index is 10.6. The summed E-state index contributed by atoms with van der Waals surface area (Å²) in [6.07, 6.45) is 3.41. The lowest BCUT2D eigenvalue weighted by molar-refractivity contribution is -0.137. The topological polar surface area (TPSA) is 92.4 Å². The highest BCUT2D eigenvalue weighted by Gasteiger charge is 2.26. The summed E-state index contributed by atoms with van der Waals surface area (Å²) in [4.78, 5) is 21.2. The Balaban J connectivity index is 1.79. The predicted octanol–water partition coefficient (Wildman–Crippen LogP) is 1.62. The minimum Gasteiger partial charge on any atom is -0.481 e. The fourth-order valence-corrected chi connectivity index (χ4v) is 2.73. The third kappa shape index (κ3) is 2.31. The third-order valence-corrected chi connectivity index (χ3v) is 3.78. The molecule has 106 valence electrons. The van der Waals surface area contributed by atoms with Gasteiger partial charge in [0.15, 0.2) is 0 Å². The Kier molecular flexibility index (Phi) is 3.25. The van der Waals surface area contributed by atoms with Crippen LogP contribution < -0.4 is 4.90 Å². The average molecular weight is 276 g/mol. The Labute approximate surface area is 115 Å². The number of rotatable bonds is 4. The molecule has 7 heteroatoms. The first kappa shape index (κ1) is 12.8. The van der Waals surface area contributed by atoms with Crippen LogP contribution in [0.15, 0.2) is 10.9 Å². The van der Waals surface area contributed by atoms with Crippen LogP contribution in [-0.4, -0.2) is 39.3 Å². The lowest BCUT2D eigenvalue weighted by Gasteiger charge is -2.17. The molecule has 3 heterocycles. The van der Waals surface area contributed by atoms with E-state index in [2.05, 4.69) is 20.0 Å². The molecule has 1 fully saturated rings. The monoisotopic (exact) mass is 276 g/mol. The summed E-state index contributed by atoms with van der Waals surface area (Å²) in [5.74, 6) is 0.505. The number of carboxylic acid groups (broad SMARTS) is 1. The molecule has 2 aromatic heterocycles. The number of hydrogen-bond donors (Lipinski definition) is 1. The van der Waals surface area contributed by atoms with Crippen LogP contribution >= 0.6 is 0 Å². The van der Waals surface area contributed by atoms with Crippen molar-refractivity contribution in [3.05, 3.63) is 12.0 Å². The number of nitrogens with zero attached hydrogens (tertiary/aromatic N) is 4. The quantitative estimate of drug-likeness (QED) is 0.906. The van der Waals surface area contributed by atoms with Crippen molar-refractivity contribution in [1.29, 1.82) is 0 Å². The van der Waals surface area contributed by atoms with Gasteiger partial charge in [0.2, 0.25) is 0 Å². The van der Waals surface area contributed by atoms with E-state index in [1.54, 1.807) is 0 Å². The summed E-state index contributed by atoms with van der Waals surface area (Å²) in [5.41, 5.74) is 1.28. The molecule has 1 saturated heterocycles. The molecule has 2 aromatic rings. The zero-order valence-electron chi connectivity index (χ0n) is 11.2. The molecule has 1 atom stereocenters. The van der Waals surface area contributed by atoms with Gasteiger partial charge in [-0.2, -0.15) is 4.98 Å². The Morgan fingerprint density at radius 1 is 1.55 bits per heavy atom. The predicted molar refractivity (Wildman–Crippen MR) is 71.5 cm³/mol. The fourth-order valence-electron chi connectivity index (χ4n) is 2.73. The van der Waals surface area contributed by atoms with E-state index in [-0.39, 0.29) is 6.42 Å². The Morgan fingerprint density at radius 3 is 3.20 bits per heavy atom. The molecule has 0 spiro atoms. The van der Waals surface area contributed by atoms with Crippen LogP contribution in [0.3, 0.4) is 0 Å². The molecule has 0 aromatic carbocycles. The molecule has 1 N–H and O–H groups in total. The van der Waals surface area contributed by atoms with Gasteiger partial charge in [0, 0.05) is 19.5 Å². The van der Waals surface area contributed by atoms with Gasteiger partial charge in [-0.05, 0) is 25.7 Å². The molecule has 1 aliphatic heterocycles. The first-order valence-corrected chi connectivity index (χ1v) is 6.69. The van der Waals surface area contributed by atoms with Gasteiger partial charge < -0.3 is 14.5 Å². The van der Waals surface area contributed by atoms with Crippen molar-refractivity contribution in [3.63, 3.8) is 0 Å². The zero-order chi connectivity index (χ0) is 14.1. The van der Waals surface area contributed by atoms with E-state index in [1.165, 1.54) is 6.33 Å². The largest absolute Gasteiger partial charge is 0.481 e. The molecular weight excluding hydrogens is 260 g/mol. The van der Waals surface area contributed by atoms with Crippen molar-refractivity contribution in [2.24, 2.45) is 5.92 Å². The average Bonchev–Trinajstić information content (AvgIpc) is 3.04. The van der Waals surface area contributed by atoms with Gasteiger partial charge >= 0.3 is 5.97 Å². The first-order chi connectivity index (χ1) is 9.65. The molecule has 7 nitrogen and oxygen atoms in total. The van der Waals surface area contributed by atoms with Crippen LogP contribution in [0.5, 0.6) is 0 Å². The fraction of sp³-hybridized carbons (Fsp3) is 0.538. The van der Waals surface area contributed by atoms with Gasteiger partial charge in [0.1, 0.15) is 17.5 Å². The van der Waals surface area contributed by atoms with Crippen LogP contribution in [0.1, 0.15) is 25.0 Å². The summed E-state index contributed by atoms with van der Waals surface area (Å²) >= 11 is 0. The van der Waals surface area contributed by atoms with E-state index >= 15 is 0 Å². The standard InChI is InChI=1S/C13H16N4O3/c1-8-11-12(14-7-15-13(11)20-16-8)17-5-4-9(6-17)2-3-10(18)19/h7,9H,2-6H2,1H3,(H,18,19). The van der Waals surface area contributed by atoms with Gasteiger partial charge in [0.05, 0.1) is 5.69 Å². The lowest BCUT2D eigenvalue weighted by Crippen LogP contribution is -2.21. The zero-order valence-corrected chi connectivity index (χ0v) is 11.2. The van der Waals surface area contributed by atoms with E-state index in [9.17, 15) is 4.79 Å². The maximum Gasteiger partial charge on any atom is 0.303 e. The van der Waals surface area contributed by atoms with Crippen LogP contribution in [0, 0.1) is 12.8 Å². The summed E-state index contributed by atoms with van der Waals surface area (Å²) in [6.45, 7) is 3.57. The molecule has 1 unspecified atom stereocenters. The maximum absolute atomic E-state index is 10.6. The third-order valence-electron chi connectivity index (χ3n) is 3.78. The first-order valence-electron chi connectivity index (χ1n) is 6.69. The Hall–Kier alpha value is -2.18. The van der Waals surface area contributed by atoms with Crippen molar-refractivity contribution in [2.75, 3.05) is 18.0 Å². The van der Waals surface area contributed by atoms with Crippen molar-refractivity contribution in [1.82, 2.24) is 15.1 Å². The number of aromatic nitrogens is 3. The van der Waals surface area contributed by atoms with Crippen LogP contribution in [0.4, 0.5) is 5.82 Å². The highest BCUT2D eigenvalue weighted by atomic mass is 16.5. The number of aliphatic carboxylic acids is 1. The second-order valence-electron chi connectivity index (χ2n) is 5.18. The van der Waals surface area contributed by atoms with Crippen LogP contribution in [-0.2, 0) is 4.79 Å². The Bertz CT molecular complexity index is 640. The molecule has 0 aliphatic carbocycles. The molecular formula is C13H16N4O3. The van der Waals surface area contributed by atoms with Gasteiger partial charge in [-0.25, -0.2) is 4.98 Å². The number of hydrogen-bond acceptors (Lipinski definition) is 6. The number of anilines is 1. The molecule has 1 aliphatic rings. The normalized spacial score (nSPS) is 18.9. The SMILES string of the molecule is Cc1noc2ncnc(N3CCC(CCC(=O)O)C3)c12. The highest BCUT2D eigenvalue weighted by molar-refractivity contribution is 5.87. The second kappa shape index (κ2) is 5.07. The van der Waals surface area contributed by atoms with Gasteiger partial charge in [0.25, 0.3) is 5.71 Å². The molecule has 0 bridgehead atoms. The number of carbonyl (C=O) groups is 1. The minimum atomic E-state index is -0.734. The van der Waals surface area contributed by atoms with Crippen LogP contribution in [0.25, 0.3) is 11.1 Å². The highest BCUT2D eigenvalue weighted by Crippen LogP contribution is 2.31. The molecule has 0 radical (unpaired) electrons. The van der Waals surface area contributed by atoms with E-state index in [0.29, 0.717) is 18.1 Å². The van der Waals surface area contributed by atoms with Crippen molar-refractivity contribution in [3.8, 4) is 0 Å². The van der Waals surface area contributed by atoms with Crippen molar-refractivity contribution in [2.45, 2.75) is 26.2 Å². The van der Waals surface area contributed by atoms with Crippen molar-refractivity contribution < 1.29 is 14.4 Å². The van der Waals surface area contributed by atoms with Gasteiger partial charge in [-0.15, -0.1) is 0 Å². The second-order valence-corrected chi connectivity index (χ2v) is 5.18. The van der Waals surface area contributed by atoms with E-state index in [4.69, 9.17) is 9.63 Å². The Morgan fingerprint density at radius 2 is 2.40 bits per heavy atom. The van der Waals surface area contributed by atoms with Crippen LogP contribution in [0.2, 0.25) is 0 Å².